The van der Waals surface area contributed by atoms with Gasteiger partial charge in [0, 0.05) is 6.04 Å². The van der Waals surface area contributed by atoms with Crippen LogP contribution in [0.1, 0.15) is 59.8 Å². The van der Waals surface area contributed by atoms with Crippen molar-refractivity contribution in [3.8, 4) is 0 Å². The molecule has 0 saturated heterocycles. The molecule has 1 rings (SSSR count). The van der Waals surface area contributed by atoms with Crippen LogP contribution < -0.4 is 0 Å². The molecule has 0 aromatic rings. The Morgan fingerprint density at radius 1 is 1.28 bits per heavy atom. The highest BCUT2D eigenvalue weighted by molar-refractivity contribution is 5.74. The Morgan fingerprint density at radius 3 is 2.28 bits per heavy atom. The quantitative estimate of drug-likeness (QED) is 0.728. The molecular formula is C14H25NO3. The van der Waals surface area contributed by atoms with Crippen molar-refractivity contribution < 1.29 is 14.3 Å². The van der Waals surface area contributed by atoms with E-state index >= 15 is 0 Å². The monoisotopic (exact) mass is 255 g/mol. The molecular weight excluding hydrogens is 230 g/mol. The maximum Gasteiger partial charge on any atom is 0.411 e. The van der Waals surface area contributed by atoms with Gasteiger partial charge in [0.05, 0.1) is 6.04 Å². The molecule has 0 radical (unpaired) electrons. The number of ether oxygens (including phenoxy) is 1. The lowest BCUT2D eigenvalue weighted by Crippen LogP contribution is -2.49. The first-order chi connectivity index (χ1) is 8.35. The van der Waals surface area contributed by atoms with Crippen molar-refractivity contribution >= 4 is 12.4 Å². The van der Waals surface area contributed by atoms with E-state index in [0.29, 0.717) is 0 Å². The van der Waals surface area contributed by atoms with E-state index in [0.717, 1.165) is 32.0 Å². The minimum Gasteiger partial charge on any atom is -0.444 e. The van der Waals surface area contributed by atoms with E-state index in [1.165, 1.54) is 6.42 Å². The number of nitrogens with zero attached hydrogens (tertiary/aromatic N) is 1. The summed E-state index contributed by atoms with van der Waals surface area (Å²) >= 11 is 0. The molecule has 0 unspecified atom stereocenters. The lowest BCUT2D eigenvalue weighted by Gasteiger charge is -2.37. The maximum atomic E-state index is 12.2. The molecule has 1 amide bonds. The Balaban J connectivity index is 2.76. The molecule has 0 aromatic heterocycles. The summed E-state index contributed by atoms with van der Waals surface area (Å²) in [6, 6.07) is -0.267. The Morgan fingerprint density at radius 2 is 1.83 bits per heavy atom. The zero-order chi connectivity index (χ0) is 13.8. The molecule has 18 heavy (non-hydrogen) atoms. The minimum atomic E-state index is -0.521. The van der Waals surface area contributed by atoms with Crippen molar-refractivity contribution in [2.24, 2.45) is 0 Å². The summed E-state index contributed by atoms with van der Waals surface area (Å²) in [6.07, 6.45) is 5.85. The number of hydrogen-bond acceptors (Lipinski definition) is 3. The van der Waals surface area contributed by atoms with Crippen LogP contribution in [0.5, 0.6) is 0 Å². The fourth-order valence-corrected chi connectivity index (χ4v) is 2.39. The third-order valence-corrected chi connectivity index (χ3v) is 3.21. The summed E-state index contributed by atoms with van der Waals surface area (Å²) in [5, 5.41) is 0. The predicted octanol–water partition coefficient (Wildman–Crippen LogP) is 3.14. The van der Waals surface area contributed by atoms with Crippen molar-refractivity contribution in [1.82, 2.24) is 4.90 Å². The number of amides is 1. The van der Waals surface area contributed by atoms with E-state index in [9.17, 15) is 9.59 Å². The third-order valence-electron chi connectivity index (χ3n) is 3.21. The Labute approximate surface area is 110 Å². The molecule has 4 heteroatoms. The normalized spacial score (nSPS) is 19.1. The molecule has 0 aliphatic heterocycles. The summed E-state index contributed by atoms with van der Waals surface area (Å²) in [5.41, 5.74) is -0.521. The average Bonchev–Trinajstić information content (AvgIpc) is 2.28. The highest BCUT2D eigenvalue weighted by atomic mass is 16.6. The Kier molecular flexibility index (Phi) is 5.17. The van der Waals surface area contributed by atoms with Crippen LogP contribution in [0.15, 0.2) is 0 Å². The summed E-state index contributed by atoms with van der Waals surface area (Å²) in [6.45, 7) is 7.28. The SMILES string of the molecule is C[C@@H](C=O)N(C(=O)OC(C)(C)C)C1CCCCC1. The van der Waals surface area contributed by atoms with Gasteiger partial charge in [0.15, 0.2) is 0 Å². The smallest absolute Gasteiger partial charge is 0.411 e. The van der Waals surface area contributed by atoms with Gasteiger partial charge >= 0.3 is 6.09 Å². The standard InChI is InChI=1S/C14H25NO3/c1-11(10-16)15(12-8-6-5-7-9-12)13(17)18-14(2,3)4/h10-12H,5-9H2,1-4H3/t11-/m0/s1. The van der Waals surface area contributed by atoms with E-state index < -0.39 is 11.6 Å². The van der Waals surface area contributed by atoms with E-state index in [4.69, 9.17) is 4.74 Å². The van der Waals surface area contributed by atoms with Gasteiger partial charge < -0.3 is 9.53 Å². The van der Waals surface area contributed by atoms with Gasteiger partial charge in [-0.25, -0.2) is 4.79 Å². The highest BCUT2D eigenvalue weighted by Gasteiger charge is 2.32. The second-order valence-corrected chi connectivity index (χ2v) is 6.06. The van der Waals surface area contributed by atoms with Crippen LogP contribution in [-0.4, -0.2) is 35.0 Å². The topological polar surface area (TPSA) is 46.6 Å². The van der Waals surface area contributed by atoms with Gasteiger partial charge in [-0.15, -0.1) is 0 Å². The van der Waals surface area contributed by atoms with Crippen LogP contribution in [0.2, 0.25) is 0 Å². The lowest BCUT2D eigenvalue weighted by atomic mass is 9.93. The van der Waals surface area contributed by atoms with Gasteiger partial charge in [0.2, 0.25) is 0 Å². The van der Waals surface area contributed by atoms with Crippen LogP contribution in [-0.2, 0) is 9.53 Å². The van der Waals surface area contributed by atoms with Gasteiger partial charge in [0.1, 0.15) is 11.9 Å². The summed E-state index contributed by atoms with van der Waals surface area (Å²) in [4.78, 5) is 24.8. The van der Waals surface area contributed by atoms with Gasteiger partial charge in [-0.1, -0.05) is 19.3 Å². The van der Waals surface area contributed by atoms with Crippen molar-refractivity contribution in [3.63, 3.8) is 0 Å². The molecule has 1 aliphatic rings. The van der Waals surface area contributed by atoms with Gasteiger partial charge in [-0.05, 0) is 40.5 Å². The largest absolute Gasteiger partial charge is 0.444 e. The van der Waals surface area contributed by atoms with Crippen LogP contribution >= 0.6 is 0 Å². The molecule has 1 atom stereocenters. The molecule has 0 spiro atoms. The van der Waals surface area contributed by atoms with E-state index in [1.807, 2.05) is 20.8 Å². The summed E-state index contributed by atoms with van der Waals surface area (Å²) in [7, 11) is 0. The number of aldehydes is 1. The predicted molar refractivity (Wildman–Crippen MR) is 70.5 cm³/mol. The van der Waals surface area contributed by atoms with E-state index in [1.54, 1.807) is 11.8 Å². The minimum absolute atomic E-state index is 0.147. The fraction of sp³-hybridized carbons (Fsp3) is 0.857. The molecule has 1 saturated carbocycles. The van der Waals surface area contributed by atoms with Crippen LogP contribution in [0.4, 0.5) is 4.79 Å². The number of carbonyl (C=O) groups excluding carboxylic acids is 2. The Bertz CT molecular complexity index is 290. The first kappa shape index (κ1) is 15.0. The Hall–Kier alpha value is -1.06. The van der Waals surface area contributed by atoms with Crippen molar-refractivity contribution in [2.45, 2.75) is 77.5 Å². The summed E-state index contributed by atoms with van der Waals surface area (Å²) < 4.78 is 5.40. The van der Waals surface area contributed by atoms with Crippen LogP contribution in [0.3, 0.4) is 0 Å². The number of rotatable bonds is 3. The first-order valence-electron chi connectivity index (χ1n) is 6.82. The second-order valence-electron chi connectivity index (χ2n) is 6.06. The van der Waals surface area contributed by atoms with E-state index in [-0.39, 0.29) is 12.1 Å². The zero-order valence-corrected chi connectivity index (χ0v) is 11.9. The molecule has 0 heterocycles. The van der Waals surface area contributed by atoms with Gasteiger partial charge in [-0.3, -0.25) is 4.90 Å². The molecule has 0 bridgehead atoms. The number of carbonyl (C=O) groups is 2. The highest BCUT2D eigenvalue weighted by Crippen LogP contribution is 2.25. The van der Waals surface area contributed by atoms with Crippen molar-refractivity contribution in [2.75, 3.05) is 0 Å². The first-order valence-corrected chi connectivity index (χ1v) is 6.82. The van der Waals surface area contributed by atoms with Crippen LogP contribution in [0, 0.1) is 0 Å². The summed E-state index contributed by atoms with van der Waals surface area (Å²) in [5.74, 6) is 0. The van der Waals surface area contributed by atoms with Gasteiger partial charge in [0.25, 0.3) is 0 Å². The number of hydrogen-bond donors (Lipinski definition) is 0. The average molecular weight is 255 g/mol. The molecule has 0 aromatic carbocycles. The second kappa shape index (κ2) is 6.21. The molecule has 1 fully saturated rings. The van der Waals surface area contributed by atoms with Crippen LogP contribution in [0.25, 0.3) is 0 Å². The molecule has 1 aliphatic carbocycles. The third kappa shape index (κ3) is 4.31. The zero-order valence-electron chi connectivity index (χ0n) is 11.9. The fourth-order valence-electron chi connectivity index (χ4n) is 2.39. The molecule has 0 N–H and O–H groups in total. The van der Waals surface area contributed by atoms with Crippen molar-refractivity contribution in [3.05, 3.63) is 0 Å². The molecule has 4 nitrogen and oxygen atoms in total. The maximum absolute atomic E-state index is 12.2. The van der Waals surface area contributed by atoms with Gasteiger partial charge in [-0.2, -0.15) is 0 Å². The molecule has 104 valence electrons. The van der Waals surface area contributed by atoms with Crippen molar-refractivity contribution in [1.29, 1.82) is 0 Å². The van der Waals surface area contributed by atoms with E-state index in [2.05, 4.69) is 0 Å². The lowest BCUT2D eigenvalue weighted by molar-refractivity contribution is -0.113.